The monoisotopic (exact) mass is 429 g/mol. The van der Waals surface area contributed by atoms with Crippen molar-refractivity contribution in [3.63, 3.8) is 0 Å². The number of benzene rings is 1. The van der Waals surface area contributed by atoms with E-state index in [9.17, 15) is 9.59 Å². The van der Waals surface area contributed by atoms with Crippen molar-refractivity contribution in [2.45, 2.75) is 45.6 Å². The lowest BCUT2D eigenvalue weighted by Crippen LogP contribution is -2.37. The van der Waals surface area contributed by atoms with Crippen LogP contribution in [0.5, 0.6) is 5.75 Å². The summed E-state index contributed by atoms with van der Waals surface area (Å²) in [6, 6.07) is 8.07. The van der Waals surface area contributed by atoms with Crippen molar-refractivity contribution >= 4 is 28.8 Å². The summed E-state index contributed by atoms with van der Waals surface area (Å²) in [5, 5.41) is 10.2. The Kier molecular flexibility index (Phi) is 8.28. The van der Waals surface area contributed by atoms with E-state index in [4.69, 9.17) is 4.74 Å². The largest absolute Gasteiger partial charge is 0.494 e. The molecule has 1 atom stereocenters. The van der Waals surface area contributed by atoms with Gasteiger partial charge < -0.3 is 15.4 Å². The second-order valence-electron chi connectivity index (χ2n) is 7.42. The van der Waals surface area contributed by atoms with Crippen LogP contribution in [0.25, 0.3) is 0 Å². The van der Waals surface area contributed by atoms with Gasteiger partial charge in [-0.1, -0.05) is 13.8 Å². The summed E-state index contributed by atoms with van der Waals surface area (Å²) in [4.78, 5) is 26.1. The fourth-order valence-corrected chi connectivity index (χ4v) is 4.47. The average Bonchev–Trinajstić information content (AvgIpc) is 3.28. The minimum atomic E-state index is 0.0548. The number of thiophene rings is 1. The van der Waals surface area contributed by atoms with Gasteiger partial charge >= 0.3 is 0 Å². The lowest BCUT2D eigenvalue weighted by molar-refractivity contribution is -0.121. The van der Waals surface area contributed by atoms with Gasteiger partial charge in [0, 0.05) is 25.1 Å². The molecule has 2 heterocycles. The number of hydrogen-bond acceptors (Lipinski definition) is 5. The molecule has 0 radical (unpaired) electrons. The van der Waals surface area contributed by atoms with E-state index in [1.165, 1.54) is 5.56 Å². The van der Waals surface area contributed by atoms with Gasteiger partial charge in [0.1, 0.15) is 5.75 Å². The van der Waals surface area contributed by atoms with Crippen LogP contribution in [0.1, 0.15) is 50.3 Å². The molecule has 1 aromatic heterocycles. The highest BCUT2D eigenvalue weighted by molar-refractivity contribution is 7.08. The highest BCUT2D eigenvalue weighted by Crippen LogP contribution is 2.27. The van der Waals surface area contributed by atoms with Gasteiger partial charge in [0.05, 0.1) is 12.6 Å². The summed E-state index contributed by atoms with van der Waals surface area (Å²) in [5.41, 5.74) is 3.23. The zero-order chi connectivity index (χ0) is 21.3. The second-order valence-corrected chi connectivity index (χ2v) is 8.20. The molecule has 0 aliphatic carbocycles. The maximum Gasteiger partial charge on any atom is 0.224 e. The molecule has 1 unspecified atom stereocenters. The van der Waals surface area contributed by atoms with E-state index >= 15 is 0 Å². The van der Waals surface area contributed by atoms with Crippen molar-refractivity contribution in [1.82, 2.24) is 10.2 Å². The molecule has 2 amide bonds. The number of nitrogens with zero attached hydrogens (tertiary/aromatic N) is 1. The molecule has 0 saturated heterocycles. The van der Waals surface area contributed by atoms with E-state index < -0.39 is 0 Å². The summed E-state index contributed by atoms with van der Waals surface area (Å²) in [6.07, 6.45) is 2.35. The van der Waals surface area contributed by atoms with Crippen molar-refractivity contribution in [2.24, 2.45) is 0 Å². The Balaban J connectivity index is 1.41. The Labute approximate surface area is 182 Å². The quantitative estimate of drug-likeness (QED) is 0.530. The van der Waals surface area contributed by atoms with Gasteiger partial charge in [0.2, 0.25) is 11.8 Å². The summed E-state index contributed by atoms with van der Waals surface area (Å²) < 4.78 is 5.81. The molecule has 0 fully saturated rings. The van der Waals surface area contributed by atoms with Crippen LogP contribution in [0.4, 0.5) is 5.69 Å². The lowest BCUT2D eigenvalue weighted by Gasteiger charge is -2.29. The van der Waals surface area contributed by atoms with Crippen LogP contribution < -0.4 is 15.4 Å². The predicted molar refractivity (Wildman–Crippen MR) is 121 cm³/mol. The van der Waals surface area contributed by atoms with Crippen molar-refractivity contribution in [2.75, 3.05) is 31.6 Å². The Hall–Kier alpha value is -2.38. The molecule has 7 heteroatoms. The first kappa shape index (κ1) is 22.3. The van der Waals surface area contributed by atoms with E-state index in [1.54, 1.807) is 11.3 Å². The molecule has 0 bridgehead atoms. The predicted octanol–water partition coefficient (Wildman–Crippen LogP) is 3.99. The fraction of sp³-hybridized carbons (Fsp3) is 0.478. The molecular formula is C23H31N3O3S. The highest BCUT2D eigenvalue weighted by atomic mass is 32.1. The van der Waals surface area contributed by atoms with Crippen molar-refractivity contribution < 1.29 is 14.3 Å². The number of aryl methyl sites for hydroxylation is 1. The minimum Gasteiger partial charge on any atom is -0.494 e. The van der Waals surface area contributed by atoms with Crippen LogP contribution in [-0.4, -0.2) is 43.0 Å². The standard InChI is InChI=1S/C23H31N3O3S/c1-3-26(4-2)21(18-11-13-30-16-18)15-24-22(27)6-5-12-29-19-8-9-20-17(14-19)7-10-23(28)25-20/h8-9,11,13-14,16,21H,3-7,10,12,15H2,1-2H3,(H,24,27)(H,25,28). The maximum absolute atomic E-state index is 12.3. The van der Waals surface area contributed by atoms with Gasteiger partial charge in [-0.3, -0.25) is 14.5 Å². The molecule has 0 saturated carbocycles. The first-order valence-corrected chi connectivity index (χ1v) is 11.6. The number of nitrogens with one attached hydrogen (secondary N) is 2. The molecule has 2 N–H and O–H groups in total. The summed E-state index contributed by atoms with van der Waals surface area (Å²) in [7, 11) is 0. The first-order valence-electron chi connectivity index (χ1n) is 10.7. The van der Waals surface area contributed by atoms with E-state index in [1.807, 2.05) is 18.2 Å². The summed E-state index contributed by atoms with van der Waals surface area (Å²) in [6.45, 7) is 7.31. The van der Waals surface area contributed by atoms with E-state index in [0.29, 0.717) is 32.4 Å². The van der Waals surface area contributed by atoms with E-state index in [0.717, 1.165) is 36.5 Å². The van der Waals surface area contributed by atoms with Gasteiger partial charge in [-0.15, -0.1) is 0 Å². The third-order valence-electron chi connectivity index (χ3n) is 5.46. The van der Waals surface area contributed by atoms with Crippen molar-refractivity contribution in [3.8, 4) is 5.75 Å². The number of carbonyl (C=O) groups is 2. The number of rotatable bonds is 11. The number of amides is 2. The van der Waals surface area contributed by atoms with Crippen LogP contribution >= 0.6 is 11.3 Å². The van der Waals surface area contributed by atoms with Gasteiger partial charge in [0.15, 0.2) is 0 Å². The molecule has 0 spiro atoms. The van der Waals surface area contributed by atoms with E-state index in [2.05, 4.69) is 46.2 Å². The molecule has 1 aliphatic heterocycles. The lowest BCUT2D eigenvalue weighted by atomic mass is 10.0. The van der Waals surface area contributed by atoms with Gasteiger partial charge in [-0.25, -0.2) is 0 Å². The number of carbonyl (C=O) groups excluding carboxylic acids is 2. The van der Waals surface area contributed by atoms with Crippen molar-refractivity contribution in [1.29, 1.82) is 0 Å². The average molecular weight is 430 g/mol. The highest BCUT2D eigenvalue weighted by Gasteiger charge is 2.19. The van der Waals surface area contributed by atoms with Gasteiger partial charge in [0.25, 0.3) is 0 Å². The fourth-order valence-electron chi connectivity index (χ4n) is 3.76. The van der Waals surface area contributed by atoms with Crippen molar-refractivity contribution in [3.05, 3.63) is 46.2 Å². The summed E-state index contributed by atoms with van der Waals surface area (Å²) >= 11 is 1.69. The smallest absolute Gasteiger partial charge is 0.224 e. The number of hydrogen-bond donors (Lipinski definition) is 2. The Bertz CT molecular complexity index is 834. The molecule has 30 heavy (non-hydrogen) atoms. The second kappa shape index (κ2) is 11.1. The molecule has 3 rings (SSSR count). The third-order valence-corrected chi connectivity index (χ3v) is 6.16. The number of likely N-dealkylation sites (N-methyl/N-ethyl adjacent to an activating group) is 1. The molecule has 1 aliphatic rings. The first-order chi connectivity index (χ1) is 14.6. The SMILES string of the molecule is CCN(CC)C(CNC(=O)CCCOc1ccc2c(c1)CCC(=O)N2)c1ccsc1. The molecule has 6 nitrogen and oxygen atoms in total. The van der Waals surface area contributed by atoms with Crippen LogP contribution in [0.15, 0.2) is 35.0 Å². The van der Waals surface area contributed by atoms with Crippen LogP contribution in [0, 0.1) is 0 Å². The topological polar surface area (TPSA) is 70.7 Å². The zero-order valence-electron chi connectivity index (χ0n) is 17.8. The Morgan fingerprint density at radius 2 is 2.10 bits per heavy atom. The molecule has 162 valence electrons. The third kappa shape index (κ3) is 6.06. The van der Waals surface area contributed by atoms with Gasteiger partial charge in [-0.2, -0.15) is 11.3 Å². The normalized spacial score (nSPS) is 14.2. The van der Waals surface area contributed by atoms with Crippen LogP contribution in [0.2, 0.25) is 0 Å². The molecular weight excluding hydrogens is 398 g/mol. The van der Waals surface area contributed by atoms with Gasteiger partial charge in [-0.05, 0) is 72.1 Å². The van der Waals surface area contributed by atoms with E-state index in [-0.39, 0.29) is 17.9 Å². The molecule has 2 aromatic rings. The number of anilines is 1. The Morgan fingerprint density at radius 1 is 1.27 bits per heavy atom. The Morgan fingerprint density at radius 3 is 2.83 bits per heavy atom. The maximum atomic E-state index is 12.3. The van der Waals surface area contributed by atoms with Crippen LogP contribution in [-0.2, 0) is 16.0 Å². The minimum absolute atomic E-state index is 0.0548. The number of ether oxygens (including phenoxy) is 1. The van der Waals surface area contributed by atoms with Crippen LogP contribution in [0.3, 0.4) is 0 Å². The number of fused-ring (bicyclic) bond motifs is 1. The summed E-state index contributed by atoms with van der Waals surface area (Å²) in [5.74, 6) is 0.896. The zero-order valence-corrected chi connectivity index (χ0v) is 18.6. The molecule has 1 aromatic carbocycles.